The predicted molar refractivity (Wildman–Crippen MR) is 72.9 cm³/mol. The number of amides is 2. The van der Waals surface area contributed by atoms with Gasteiger partial charge in [0.15, 0.2) is 0 Å². The summed E-state index contributed by atoms with van der Waals surface area (Å²) in [7, 11) is 0. The minimum Gasteiger partial charge on any atom is -0.394 e. The van der Waals surface area contributed by atoms with Gasteiger partial charge < -0.3 is 15.7 Å². The van der Waals surface area contributed by atoms with E-state index in [-0.39, 0.29) is 18.7 Å². The van der Waals surface area contributed by atoms with Crippen molar-refractivity contribution in [3.05, 3.63) is 34.9 Å². The molecule has 1 unspecified atom stereocenters. The van der Waals surface area contributed by atoms with Crippen molar-refractivity contribution in [2.24, 2.45) is 0 Å². The molecule has 1 atom stereocenters. The van der Waals surface area contributed by atoms with Gasteiger partial charge in [-0.25, -0.2) is 4.79 Å². The molecule has 0 aromatic heterocycles. The summed E-state index contributed by atoms with van der Waals surface area (Å²) in [6, 6.07) is 7.10. The monoisotopic (exact) mass is 270 g/mol. The highest BCUT2D eigenvalue weighted by Gasteiger charge is 2.08. The maximum absolute atomic E-state index is 11.5. The highest BCUT2D eigenvalue weighted by molar-refractivity contribution is 6.31. The van der Waals surface area contributed by atoms with Crippen molar-refractivity contribution in [3.8, 4) is 0 Å². The molecular formula is C13H19ClN2O2. The van der Waals surface area contributed by atoms with Gasteiger partial charge in [-0.05, 0) is 24.5 Å². The molecule has 18 heavy (non-hydrogen) atoms. The van der Waals surface area contributed by atoms with Crippen LogP contribution in [-0.4, -0.2) is 30.3 Å². The van der Waals surface area contributed by atoms with E-state index in [1.54, 1.807) is 0 Å². The Morgan fingerprint density at radius 3 is 2.78 bits per heavy atom. The lowest BCUT2D eigenvalue weighted by molar-refractivity contribution is 0.214. The van der Waals surface area contributed by atoms with E-state index >= 15 is 0 Å². The molecule has 0 fully saturated rings. The van der Waals surface area contributed by atoms with Crippen LogP contribution >= 0.6 is 11.6 Å². The predicted octanol–water partition coefficient (Wildman–Crippen LogP) is 1.95. The average Bonchev–Trinajstić information content (AvgIpc) is 2.38. The zero-order valence-electron chi connectivity index (χ0n) is 10.4. The number of aliphatic hydroxyl groups excluding tert-OH is 1. The van der Waals surface area contributed by atoms with Crippen LogP contribution in [0.2, 0.25) is 5.02 Å². The molecule has 1 rings (SSSR count). The number of nitrogens with one attached hydrogen (secondary N) is 2. The number of carbonyl (C=O) groups excluding carboxylic acids is 1. The van der Waals surface area contributed by atoms with Crippen molar-refractivity contribution in [3.63, 3.8) is 0 Å². The van der Waals surface area contributed by atoms with Gasteiger partial charge in [-0.2, -0.15) is 0 Å². The van der Waals surface area contributed by atoms with Gasteiger partial charge in [0.2, 0.25) is 0 Å². The van der Waals surface area contributed by atoms with Crippen LogP contribution in [0, 0.1) is 0 Å². The third kappa shape index (κ3) is 4.94. The zero-order chi connectivity index (χ0) is 13.4. The van der Waals surface area contributed by atoms with Crippen LogP contribution in [0.5, 0.6) is 0 Å². The van der Waals surface area contributed by atoms with Crippen molar-refractivity contribution >= 4 is 17.6 Å². The lowest BCUT2D eigenvalue weighted by Gasteiger charge is -2.14. The third-order valence-electron chi connectivity index (χ3n) is 2.69. The van der Waals surface area contributed by atoms with Crippen molar-refractivity contribution in [1.82, 2.24) is 10.6 Å². The number of halogens is 1. The molecule has 2 amide bonds. The number of urea groups is 1. The van der Waals surface area contributed by atoms with Crippen LogP contribution < -0.4 is 10.6 Å². The lowest BCUT2D eigenvalue weighted by Crippen LogP contribution is -2.44. The smallest absolute Gasteiger partial charge is 0.315 e. The number of carbonyl (C=O) groups is 1. The van der Waals surface area contributed by atoms with Crippen molar-refractivity contribution < 1.29 is 9.90 Å². The second-order valence-corrected chi connectivity index (χ2v) is 4.44. The SMILES string of the molecule is CCC(CO)NC(=O)NCCc1ccccc1Cl. The van der Waals surface area contributed by atoms with Gasteiger partial charge in [0.25, 0.3) is 0 Å². The molecule has 4 nitrogen and oxygen atoms in total. The Labute approximate surface area is 112 Å². The summed E-state index contributed by atoms with van der Waals surface area (Å²) in [5.74, 6) is 0. The molecule has 0 aliphatic heterocycles. The second kappa shape index (κ2) is 7.95. The van der Waals surface area contributed by atoms with Crippen molar-refractivity contribution in [1.29, 1.82) is 0 Å². The van der Waals surface area contributed by atoms with Crippen LogP contribution in [-0.2, 0) is 6.42 Å². The maximum atomic E-state index is 11.5. The van der Waals surface area contributed by atoms with E-state index in [0.717, 1.165) is 5.56 Å². The molecule has 5 heteroatoms. The summed E-state index contributed by atoms with van der Waals surface area (Å²) >= 11 is 6.01. The molecule has 0 aliphatic carbocycles. The Morgan fingerprint density at radius 1 is 1.44 bits per heavy atom. The van der Waals surface area contributed by atoms with Gasteiger partial charge in [-0.1, -0.05) is 36.7 Å². The van der Waals surface area contributed by atoms with E-state index in [1.807, 2.05) is 31.2 Å². The molecule has 0 radical (unpaired) electrons. The fraction of sp³-hybridized carbons (Fsp3) is 0.462. The van der Waals surface area contributed by atoms with E-state index in [0.29, 0.717) is 24.4 Å². The Bertz CT molecular complexity index is 381. The van der Waals surface area contributed by atoms with Crippen LogP contribution in [0.1, 0.15) is 18.9 Å². The first kappa shape index (κ1) is 14.8. The van der Waals surface area contributed by atoms with E-state index in [1.165, 1.54) is 0 Å². The highest BCUT2D eigenvalue weighted by Crippen LogP contribution is 2.14. The largest absolute Gasteiger partial charge is 0.394 e. The number of rotatable bonds is 6. The van der Waals surface area contributed by atoms with Crippen LogP contribution in [0.4, 0.5) is 4.79 Å². The average molecular weight is 271 g/mol. The summed E-state index contributed by atoms with van der Waals surface area (Å²) in [6.45, 7) is 2.37. The summed E-state index contributed by atoms with van der Waals surface area (Å²) in [5.41, 5.74) is 1.01. The molecule has 0 aliphatic rings. The summed E-state index contributed by atoms with van der Waals surface area (Å²) in [4.78, 5) is 11.5. The molecular weight excluding hydrogens is 252 g/mol. The van der Waals surface area contributed by atoms with E-state index in [2.05, 4.69) is 10.6 Å². The molecule has 100 valence electrons. The maximum Gasteiger partial charge on any atom is 0.315 e. The third-order valence-corrected chi connectivity index (χ3v) is 3.05. The number of hydrogen-bond acceptors (Lipinski definition) is 2. The molecule has 0 saturated heterocycles. The standard InChI is InChI=1S/C13H19ClN2O2/c1-2-11(9-17)16-13(18)15-8-7-10-5-3-4-6-12(10)14/h3-6,11,17H,2,7-9H2,1H3,(H2,15,16,18). The Balaban J connectivity index is 2.29. The Kier molecular flexibility index (Phi) is 6.54. The minimum absolute atomic E-state index is 0.0472. The van der Waals surface area contributed by atoms with E-state index < -0.39 is 0 Å². The summed E-state index contributed by atoms with van der Waals surface area (Å²) < 4.78 is 0. The molecule has 1 aromatic carbocycles. The van der Waals surface area contributed by atoms with E-state index in [9.17, 15) is 4.79 Å². The first-order valence-electron chi connectivity index (χ1n) is 6.06. The highest BCUT2D eigenvalue weighted by atomic mass is 35.5. The normalized spacial score (nSPS) is 11.9. The summed E-state index contributed by atoms with van der Waals surface area (Å²) in [5, 5.41) is 15.1. The fourth-order valence-corrected chi connectivity index (χ4v) is 1.76. The zero-order valence-corrected chi connectivity index (χ0v) is 11.2. The number of hydrogen-bond donors (Lipinski definition) is 3. The van der Waals surface area contributed by atoms with Gasteiger partial charge in [-0.15, -0.1) is 0 Å². The molecule has 0 heterocycles. The van der Waals surface area contributed by atoms with Crippen molar-refractivity contribution in [2.45, 2.75) is 25.8 Å². The van der Waals surface area contributed by atoms with Gasteiger partial charge in [-0.3, -0.25) is 0 Å². The van der Waals surface area contributed by atoms with Crippen LogP contribution in [0.25, 0.3) is 0 Å². The number of benzene rings is 1. The van der Waals surface area contributed by atoms with Gasteiger partial charge in [0.1, 0.15) is 0 Å². The first-order valence-corrected chi connectivity index (χ1v) is 6.43. The summed E-state index contributed by atoms with van der Waals surface area (Å²) in [6.07, 6.45) is 1.39. The lowest BCUT2D eigenvalue weighted by atomic mass is 10.1. The van der Waals surface area contributed by atoms with Gasteiger partial charge >= 0.3 is 6.03 Å². The fourth-order valence-electron chi connectivity index (χ4n) is 1.53. The van der Waals surface area contributed by atoms with Crippen molar-refractivity contribution in [2.75, 3.05) is 13.2 Å². The molecule has 1 aromatic rings. The Morgan fingerprint density at radius 2 is 2.17 bits per heavy atom. The quantitative estimate of drug-likeness (QED) is 0.740. The topological polar surface area (TPSA) is 61.4 Å². The second-order valence-electron chi connectivity index (χ2n) is 4.03. The number of aliphatic hydroxyl groups is 1. The molecule has 0 saturated carbocycles. The van der Waals surface area contributed by atoms with Crippen LogP contribution in [0.15, 0.2) is 24.3 Å². The van der Waals surface area contributed by atoms with Gasteiger partial charge in [0, 0.05) is 11.6 Å². The van der Waals surface area contributed by atoms with Gasteiger partial charge in [0.05, 0.1) is 12.6 Å². The minimum atomic E-state index is -0.261. The first-order chi connectivity index (χ1) is 8.67. The molecule has 0 bridgehead atoms. The molecule has 0 spiro atoms. The van der Waals surface area contributed by atoms with E-state index in [4.69, 9.17) is 16.7 Å². The molecule has 3 N–H and O–H groups in total. The Hall–Kier alpha value is -1.26. The van der Waals surface area contributed by atoms with Crippen LogP contribution in [0.3, 0.4) is 0 Å².